The van der Waals surface area contributed by atoms with Crippen LogP contribution in [0, 0.1) is 0 Å². The maximum Gasteiger partial charge on any atom is 0.195 e. The first-order valence-electron chi connectivity index (χ1n) is 8.80. The average molecular weight is 418 g/mol. The van der Waals surface area contributed by atoms with E-state index in [1.165, 1.54) is 4.70 Å². The number of benzene rings is 3. The third-order valence-corrected chi connectivity index (χ3v) is 7.04. The van der Waals surface area contributed by atoms with Crippen molar-refractivity contribution in [2.24, 2.45) is 0 Å². The molecular weight excluding hydrogens is 406 g/mol. The number of para-hydroxylation sites is 1. The molecule has 6 rings (SSSR count). The zero-order valence-electron chi connectivity index (χ0n) is 14.5. The molecule has 0 aliphatic heterocycles. The molecule has 6 heteroatoms. The van der Waals surface area contributed by atoms with Gasteiger partial charge in [0.05, 0.1) is 20.4 Å². The Morgan fingerprint density at radius 3 is 2.46 bits per heavy atom. The van der Waals surface area contributed by atoms with Crippen molar-refractivity contribution in [3.05, 3.63) is 77.8 Å². The Hall–Kier alpha value is -2.73. The molecule has 0 unspecified atom stereocenters. The maximum absolute atomic E-state index is 6.22. The van der Waals surface area contributed by atoms with Crippen LogP contribution in [0.3, 0.4) is 0 Å². The Morgan fingerprint density at radius 2 is 1.61 bits per heavy atom. The molecule has 3 nitrogen and oxygen atoms in total. The summed E-state index contributed by atoms with van der Waals surface area (Å²) in [5.41, 5.74) is 5.21. The number of imidazole rings is 1. The van der Waals surface area contributed by atoms with Gasteiger partial charge in [-0.3, -0.25) is 4.40 Å². The van der Waals surface area contributed by atoms with Crippen molar-refractivity contribution in [2.75, 3.05) is 0 Å². The van der Waals surface area contributed by atoms with E-state index in [9.17, 15) is 0 Å². The second kappa shape index (κ2) is 6.14. The molecule has 0 radical (unpaired) electrons. The molecule has 0 N–H and O–H groups in total. The summed E-state index contributed by atoms with van der Waals surface area (Å²) in [5, 5.41) is 1.71. The fraction of sp³-hybridized carbons (Fsp3) is 0. The predicted octanol–water partition coefficient (Wildman–Crippen LogP) is 7.15. The Morgan fingerprint density at radius 1 is 0.786 bits per heavy atom. The maximum atomic E-state index is 6.22. The summed E-state index contributed by atoms with van der Waals surface area (Å²) in [6.45, 7) is 0. The van der Waals surface area contributed by atoms with Crippen LogP contribution < -0.4 is 0 Å². The summed E-state index contributed by atoms with van der Waals surface area (Å²) in [7, 11) is 0. The lowest BCUT2D eigenvalue weighted by Gasteiger charge is -2.03. The minimum atomic E-state index is 0.738. The molecule has 0 spiro atoms. The van der Waals surface area contributed by atoms with Gasteiger partial charge in [0.1, 0.15) is 16.4 Å². The van der Waals surface area contributed by atoms with Crippen molar-refractivity contribution >= 4 is 59.7 Å². The minimum absolute atomic E-state index is 0.738. The summed E-state index contributed by atoms with van der Waals surface area (Å²) < 4.78 is 4.52. The highest BCUT2D eigenvalue weighted by Gasteiger charge is 2.22. The number of fused-ring (bicyclic) bond motifs is 4. The topological polar surface area (TPSA) is 30.2 Å². The summed E-state index contributed by atoms with van der Waals surface area (Å²) in [6.07, 6.45) is 0. The van der Waals surface area contributed by atoms with Crippen molar-refractivity contribution < 1.29 is 0 Å². The molecule has 6 aromatic rings. The third-order valence-electron chi connectivity index (χ3n) is 4.75. The van der Waals surface area contributed by atoms with Gasteiger partial charge >= 0.3 is 0 Å². The Labute approximate surface area is 173 Å². The van der Waals surface area contributed by atoms with Crippen molar-refractivity contribution in [1.29, 1.82) is 0 Å². The van der Waals surface area contributed by atoms with Gasteiger partial charge in [-0.2, -0.15) is 0 Å². The molecular formula is C22H12ClN3S2. The number of halogens is 1. The second-order valence-electron chi connectivity index (χ2n) is 6.49. The van der Waals surface area contributed by atoms with Gasteiger partial charge in [0.2, 0.25) is 0 Å². The summed E-state index contributed by atoms with van der Waals surface area (Å²) >= 11 is 9.57. The van der Waals surface area contributed by atoms with Gasteiger partial charge in [0.15, 0.2) is 4.96 Å². The Balaban J connectivity index is 1.75. The number of nitrogens with zero attached hydrogens (tertiary/aromatic N) is 3. The van der Waals surface area contributed by atoms with Gasteiger partial charge < -0.3 is 0 Å². The van der Waals surface area contributed by atoms with Crippen molar-refractivity contribution in [3.63, 3.8) is 0 Å². The van der Waals surface area contributed by atoms with E-state index in [-0.39, 0.29) is 0 Å². The van der Waals surface area contributed by atoms with Crippen molar-refractivity contribution in [1.82, 2.24) is 14.4 Å². The molecule has 3 aromatic heterocycles. The van der Waals surface area contributed by atoms with Gasteiger partial charge in [-0.15, -0.1) is 11.3 Å². The second-order valence-corrected chi connectivity index (χ2v) is 8.97. The standard InChI is InChI=1S/C22H12ClN3S2/c23-14-10-11-16-18(12-14)28-22-25-19(13-6-2-1-3-7-13)20(26(16)22)21-24-15-8-4-5-9-17(15)27-21/h1-12H. The van der Waals surface area contributed by atoms with Gasteiger partial charge in [-0.05, 0) is 30.3 Å². The lowest BCUT2D eigenvalue weighted by Crippen LogP contribution is -1.88. The van der Waals surface area contributed by atoms with Crippen LogP contribution in [0.15, 0.2) is 72.8 Å². The molecule has 0 atom stereocenters. The predicted molar refractivity (Wildman–Crippen MR) is 120 cm³/mol. The fourth-order valence-electron chi connectivity index (χ4n) is 3.51. The first kappa shape index (κ1) is 16.2. The molecule has 0 bridgehead atoms. The summed E-state index contributed by atoms with van der Waals surface area (Å²) in [6, 6.07) is 24.6. The zero-order chi connectivity index (χ0) is 18.7. The van der Waals surface area contributed by atoms with E-state index in [1.54, 1.807) is 22.7 Å². The molecule has 134 valence electrons. The molecule has 0 amide bonds. The van der Waals surface area contributed by atoms with Crippen LogP contribution >= 0.6 is 34.3 Å². The van der Waals surface area contributed by atoms with Crippen LogP contribution in [0.5, 0.6) is 0 Å². The van der Waals surface area contributed by atoms with Gasteiger partial charge in [0.25, 0.3) is 0 Å². The molecule has 3 heterocycles. The van der Waals surface area contributed by atoms with E-state index >= 15 is 0 Å². The van der Waals surface area contributed by atoms with E-state index in [0.717, 1.165) is 47.7 Å². The highest BCUT2D eigenvalue weighted by Crippen LogP contribution is 2.41. The summed E-state index contributed by atoms with van der Waals surface area (Å²) in [5.74, 6) is 0. The molecule has 0 aliphatic rings. The van der Waals surface area contributed by atoms with E-state index in [2.05, 4.69) is 40.8 Å². The highest BCUT2D eigenvalue weighted by atomic mass is 35.5. The zero-order valence-corrected chi connectivity index (χ0v) is 16.9. The van der Waals surface area contributed by atoms with Crippen LogP contribution in [-0.2, 0) is 0 Å². The molecule has 0 saturated carbocycles. The quantitative estimate of drug-likeness (QED) is 0.299. The number of aromatic nitrogens is 3. The lowest BCUT2D eigenvalue weighted by atomic mass is 10.1. The minimum Gasteiger partial charge on any atom is -0.280 e. The Kier molecular flexibility index (Phi) is 3.56. The normalized spacial score (nSPS) is 11.8. The fourth-order valence-corrected chi connectivity index (χ4v) is 5.82. The summed E-state index contributed by atoms with van der Waals surface area (Å²) in [4.78, 5) is 10.9. The monoisotopic (exact) mass is 417 g/mol. The number of thiazole rings is 2. The highest BCUT2D eigenvalue weighted by molar-refractivity contribution is 7.24. The SMILES string of the molecule is Clc1ccc2c(c1)sc1nc(-c3ccccc3)c(-c3nc4ccccc4s3)n12. The van der Waals surface area contributed by atoms with Gasteiger partial charge in [-0.1, -0.05) is 65.4 Å². The van der Waals surface area contributed by atoms with Crippen LogP contribution in [0.2, 0.25) is 5.02 Å². The number of hydrogen-bond acceptors (Lipinski definition) is 4. The van der Waals surface area contributed by atoms with Crippen LogP contribution in [0.25, 0.3) is 47.4 Å². The molecule has 0 fully saturated rings. The molecule has 0 aliphatic carbocycles. The van der Waals surface area contributed by atoms with E-state index in [1.807, 2.05) is 36.4 Å². The van der Waals surface area contributed by atoms with Crippen molar-refractivity contribution in [2.45, 2.75) is 0 Å². The van der Waals surface area contributed by atoms with Gasteiger partial charge in [-0.25, -0.2) is 9.97 Å². The number of rotatable bonds is 2. The van der Waals surface area contributed by atoms with Crippen LogP contribution in [-0.4, -0.2) is 14.4 Å². The van der Waals surface area contributed by atoms with Crippen LogP contribution in [0.4, 0.5) is 0 Å². The van der Waals surface area contributed by atoms with E-state index in [0.29, 0.717) is 0 Å². The third kappa shape index (κ3) is 2.41. The largest absolute Gasteiger partial charge is 0.280 e. The van der Waals surface area contributed by atoms with Crippen molar-refractivity contribution in [3.8, 4) is 22.0 Å². The first-order chi connectivity index (χ1) is 13.8. The lowest BCUT2D eigenvalue weighted by molar-refractivity contribution is 1.28. The molecule has 28 heavy (non-hydrogen) atoms. The Bertz CT molecular complexity index is 1440. The van der Waals surface area contributed by atoms with Gasteiger partial charge in [0, 0.05) is 10.6 Å². The van der Waals surface area contributed by atoms with E-state index in [4.69, 9.17) is 21.6 Å². The molecule has 0 saturated heterocycles. The number of hydrogen-bond donors (Lipinski definition) is 0. The van der Waals surface area contributed by atoms with Crippen LogP contribution in [0.1, 0.15) is 0 Å². The average Bonchev–Trinajstić information content (AvgIpc) is 3.38. The molecule has 3 aromatic carbocycles. The van der Waals surface area contributed by atoms with E-state index < -0.39 is 0 Å². The first-order valence-corrected chi connectivity index (χ1v) is 10.8. The smallest absolute Gasteiger partial charge is 0.195 e.